The Morgan fingerprint density at radius 3 is 2.58 bits per heavy atom. The van der Waals surface area contributed by atoms with Crippen molar-refractivity contribution in [2.75, 3.05) is 50.5 Å². The number of anilines is 2. The normalized spacial score (nSPS) is 15.5. The number of piperazine rings is 1. The van der Waals surface area contributed by atoms with Crippen molar-refractivity contribution in [1.82, 2.24) is 29.8 Å². The molecular formula is C29H27ClF4N8O3. The van der Waals surface area contributed by atoms with Gasteiger partial charge in [-0.25, -0.2) is 9.07 Å². The quantitative estimate of drug-likeness (QED) is 0.276. The van der Waals surface area contributed by atoms with Crippen LogP contribution in [0.25, 0.3) is 5.69 Å². The van der Waals surface area contributed by atoms with Crippen molar-refractivity contribution in [2.24, 2.45) is 0 Å². The molecule has 0 radical (unpaired) electrons. The van der Waals surface area contributed by atoms with Gasteiger partial charge in [0.2, 0.25) is 0 Å². The van der Waals surface area contributed by atoms with Crippen molar-refractivity contribution >= 4 is 34.8 Å². The highest BCUT2D eigenvalue weighted by Gasteiger charge is 2.42. The maximum absolute atomic E-state index is 14.4. The Bertz CT molecular complexity index is 1690. The minimum atomic E-state index is -5.01. The largest absolute Gasteiger partial charge is 0.471 e. The Morgan fingerprint density at radius 1 is 1.09 bits per heavy atom. The number of nitrogens with one attached hydrogen (secondary N) is 1. The number of para-hydroxylation sites is 1. The monoisotopic (exact) mass is 646 g/mol. The summed E-state index contributed by atoms with van der Waals surface area (Å²) >= 11 is 6.86. The molecule has 236 valence electrons. The van der Waals surface area contributed by atoms with Crippen LogP contribution < -0.4 is 15.0 Å². The highest BCUT2D eigenvalue weighted by molar-refractivity contribution is 6.35. The molecular weight excluding hydrogens is 620 g/mol. The van der Waals surface area contributed by atoms with Gasteiger partial charge in [0.25, 0.3) is 5.91 Å². The lowest BCUT2D eigenvalue weighted by atomic mass is 10.1. The maximum atomic E-state index is 14.4. The first-order chi connectivity index (χ1) is 21.4. The second kappa shape index (κ2) is 13.1. The second-order valence-electron chi connectivity index (χ2n) is 10.3. The predicted octanol–water partition coefficient (Wildman–Crippen LogP) is 4.64. The summed E-state index contributed by atoms with van der Waals surface area (Å²) in [7, 11) is 2.83. The molecule has 1 saturated heterocycles. The van der Waals surface area contributed by atoms with Gasteiger partial charge < -0.3 is 19.9 Å². The number of benzene rings is 2. The Kier molecular flexibility index (Phi) is 9.20. The fourth-order valence-corrected chi connectivity index (χ4v) is 5.16. The van der Waals surface area contributed by atoms with E-state index in [2.05, 4.69) is 20.6 Å². The average molecular weight is 647 g/mol. The van der Waals surface area contributed by atoms with Gasteiger partial charge in [-0.05, 0) is 43.4 Å². The average Bonchev–Trinajstić information content (AvgIpc) is 3.51. The van der Waals surface area contributed by atoms with Crippen molar-refractivity contribution in [2.45, 2.75) is 12.2 Å². The Balaban J connectivity index is 1.46. The number of likely N-dealkylation sites (N-methyl/N-ethyl adjacent to an activating group) is 2. The van der Waals surface area contributed by atoms with E-state index in [0.717, 1.165) is 7.05 Å². The van der Waals surface area contributed by atoms with Gasteiger partial charge in [0.05, 0.1) is 29.5 Å². The summed E-state index contributed by atoms with van der Waals surface area (Å²) in [6.07, 6.45) is -0.475. The first kappa shape index (κ1) is 31.7. The second-order valence-corrected chi connectivity index (χ2v) is 10.6. The van der Waals surface area contributed by atoms with E-state index in [4.69, 9.17) is 16.3 Å². The first-order valence-electron chi connectivity index (χ1n) is 13.6. The minimum Gasteiger partial charge on any atom is -0.453 e. The molecule has 0 saturated carbocycles. The minimum absolute atomic E-state index is 0.0347. The van der Waals surface area contributed by atoms with E-state index in [0.29, 0.717) is 29.4 Å². The third-order valence-corrected chi connectivity index (χ3v) is 7.57. The zero-order valence-electron chi connectivity index (χ0n) is 24.0. The highest BCUT2D eigenvalue weighted by atomic mass is 35.5. The van der Waals surface area contributed by atoms with E-state index in [9.17, 15) is 27.2 Å². The summed E-state index contributed by atoms with van der Waals surface area (Å²) in [6, 6.07) is 11.4. The zero-order chi connectivity index (χ0) is 32.3. The molecule has 16 heteroatoms. The Morgan fingerprint density at radius 2 is 1.87 bits per heavy atom. The van der Waals surface area contributed by atoms with E-state index in [1.807, 2.05) is 4.90 Å². The third kappa shape index (κ3) is 7.15. The summed E-state index contributed by atoms with van der Waals surface area (Å²) < 4.78 is 60.9. The fourth-order valence-electron chi connectivity index (χ4n) is 4.84. The molecule has 0 bridgehead atoms. The van der Waals surface area contributed by atoms with Crippen LogP contribution in [0, 0.1) is 5.82 Å². The lowest BCUT2D eigenvalue weighted by Gasteiger charge is -2.42. The maximum Gasteiger partial charge on any atom is 0.471 e. The first-order valence-corrected chi connectivity index (χ1v) is 14.0. The standard InChI is InChI=1S/C29H27ClF4N8O3/c1-39-13-14-41(17-19(39)16-40(2)28(44)29(32,33)34)26-21(7-8-24(25(26)30)45-23-6-4-3-5-20(23)31)37-27(43)22-10-12-42(38-22)18-9-11-35-36-15-18/h3-12,15,19H,13-14,16-17H2,1-2H3,(H,37,43)/t19-/m0/s1. The molecule has 0 unspecified atom stereocenters. The summed E-state index contributed by atoms with van der Waals surface area (Å²) in [4.78, 5) is 29.4. The summed E-state index contributed by atoms with van der Waals surface area (Å²) in [6.45, 7) is 0.670. The Hall–Kier alpha value is -4.76. The molecule has 2 aromatic carbocycles. The fraction of sp³-hybridized carbons (Fsp3) is 0.276. The Labute approximate surface area is 259 Å². The molecule has 11 nitrogen and oxygen atoms in total. The molecule has 1 aliphatic heterocycles. The highest BCUT2D eigenvalue weighted by Crippen LogP contribution is 2.43. The van der Waals surface area contributed by atoms with Gasteiger partial charge in [0, 0.05) is 45.5 Å². The van der Waals surface area contributed by atoms with Crippen molar-refractivity contribution in [3.05, 3.63) is 83.7 Å². The molecule has 5 rings (SSSR count). The van der Waals surface area contributed by atoms with Crippen LogP contribution in [0.5, 0.6) is 11.5 Å². The molecule has 45 heavy (non-hydrogen) atoms. The number of amides is 2. The number of carbonyl (C=O) groups is 2. The molecule has 1 atom stereocenters. The lowest BCUT2D eigenvalue weighted by Crippen LogP contribution is -2.56. The van der Waals surface area contributed by atoms with Gasteiger partial charge in [-0.1, -0.05) is 23.7 Å². The van der Waals surface area contributed by atoms with Crippen LogP contribution in [0.15, 0.2) is 67.1 Å². The van der Waals surface area contributed by atoms with Gasteiger partial charge >= 0.3 is 12.1 Å². The molecule has 2 amide bonds. The van der Waals surface area contributed by atoms with E-state index in [1.165, 1.54) is 53.5 Å². The third-order valence-electron chi connectivity index (χ3n) is 7.21. The molecule has 4 aromatic rings. The molecule has 2 aromatic heterocycles. The smallest absolute Gasteiger partial charge is 0.453 e. The van der Waals surface area contributed by atoms with Crippen LogP contribution in [0.1, 0.15) is 10.5 Å². The van der Waals surface area contributed by atoms with Gasteiger partial charge in [-0.2, -0.15) is 28.5 Å². The van der Waals surface area contributed by atoms with E-state index in [-0.39, 0.29) is 41.0 Å². The number of carbonyl (C=O) groups excluding carboxylic acids is 2. The molecule has 0 aliphatic carbocycles. The number of alkyl halides is 3. The number of halogens is 5. The van der Waals surface area contributed by atoms with Gasteiger partial charge in [-0.3, -0.25) is 14.5 Å². The van der Waals surface area contributed by atoms with E-state index in [1.54, 1.807) is 30.3 Å². The van der Waals surface area contributed by atoms with Gasteiger partial charge in [0.1, 0.15) is 10.8 Å². The molecule has 1 aliphatic rings. The van der Waals surface area contributed by atoms with Crippen LogP contribution >= 0.6 is 11.6 Å². The van der Waals surface area contributed by atoms with E-state index < -0.39 is 29.8 Å². The van der Waals surface area contributed by atoms with Crippen molar-refractivity contribution in [3.8, 4) is 17.2 Å². The lowest BCUT2D eigenvalue weighted by molar-refractivity contribution is -0.184. The van der Waals surface area contributed by atoms with Crippen LogP contribution in [0.2, 0.25) is 5.02 Å². The van der Waals surface area contributed by atoms with Crippen molar-refractivity contribution in [1.29, 1.82) is 0 Å². The number of aromatic nitrogens is 4. The molecule has 3 heterocycles. The number of nitrogens with zero attached hydrogens (tertiary/aromatic N) is 7. The SMILES string of the molecule is CN(C[C@H]1CN(c2c(NC(=O)c3ccn(-c4ccnnc4)n3)ccc(Oc3ccccc3F)c2Cl)CCN1C)C(=O)C(F)(F)F. The zero-order valence-corrected chi connectivity index (χ0v) is 24.8. The molecule has 1 fully saturated rings. The number of rotatable bonds is 8. The van der Waals surface area contributed by atoms with Gasteiger partial charge in [0.15, 0.2) is 17.3 Å². The van der Waals surface area contributed by atoms with Crippen LogP contribution in [-0.2, 0) is 4.79 Å². The van der Waals surface area contributed by atoms with Crippen LogP contribution in [0.3, 0.4) is 0 Å². The molecule has 1 N–H and O–H groups in total. The number of hydrogen-bond acceptors (Lipinski definition) is 8. The summed E-state index contributed by atoms with van der Waals surface area (Å²) in [5.74, 6) is -3.14. The number of hydrogen-bond donors (Lipinski definition) is 1. The van der Waals surface area contributed by atoms with E-state index >= 15 is 0 Å². The molecule has 0 spiro atoms. The summed E-state index contributed by atoms with van der Waals surface area (Å²) in [5, 5.41) is 14.7. The van der Waals surface area contributed by atoms with Gasteiger partial charge in [-0.15, -0.1) is 0 Å². The number of ether oxygens (including phenoxy) is 1. The predicted molar refractivity (Wildman–Crippen MR) is 157 cm³/mol. The van der Waals surface area contributed by atoms with Crippen molar-refractivity contribution < 1.29 is 31.9 Å². The topological polar surface area (TPSA) is 109 Å². The van der Waals surface area contributed by atoms with Crippen LogP contribution in [-0.4, -0.2) is 94.1 Å². The summed E-state index contributed by atoms with van der Waals surface area (Å²) in [5.41, 5.74) is 1.22. The van der Waals surface area contributed by atoms with Crippen LogP contribution in [0.4, 0.5) is 28.9 Å². The van der Waals surface area contributed by atoms with Crippen molar-refractivity contribution in [3.63, 3.8) is 0 Å².